The number of benzene rings is 1. The summed E-state index contributed by atoms with van der Waals surface area (Å²) in [5.41, 5.74) is -1.91. The van der Waals surface area contributed by atoms with E-state index in [0.29, 0.717) is 52.6 Å². The molecule has 0 bridgehead atoms. The Labute approximate surface area is 178 Å². The molecule has 1 aromatic carbocycles. The third-order valence-corrected chi connectivity index (χ3v) is 7.33. The third kappa shape index (κ3) is 3.33. The summed E-state index contributed by atoms with van der Waals surface area (Å²) in [5, 5.41) is 0.607. The molecule has 0 aliphatic carbocycles. The standard InChI is InChI=1S/C18H18N4O6S2/c23-15-11-9-13-14(18(26)22(17(13)25)30-20-3-7-28-8-4-20)10-12(11)16(24)21(15)29-19-1-5-27-6-2-19/h9-10H,1-8H2. The summed E-state index contributed by atoms with van der Waals surface area (Å²) in [6, 6.07) is 2.76. The summed E-state index contributed by atoms with van der Waals surface area (Å²) in [5.74, 6) is 0. The molecule has 0 N–H and O–H groups in total. The highest BCUT2D eigenvalue weighted by Crippen LogP contribution is 2.20. The molecule has 0 spiro atoms. The first-order valence-electron chi connectivity index (χ1n) is 9.52. The molecule has 2 saturated heterocycles. The minimum Gasteiger partial charge on any atom is -0.379 e. The third-order valence-electron chi connectivity index (χ3n) is 5.15. The van der Waals surface area contributed by atoms with E-state index in [1.165, 1.54) is 12.1 Å². The maximum Gasteiger partial charge on any atom is 0.272 e. The number of fused-ring (bicyclic) bond motifs is 2. The lowest BCUT2D eigenvalue weighted by Gasteiger charge is -2.24. The van der Waals surface area contributed by atoms with Gasteiger partial charge < -0.3 is 9.47 Å². The molecule has 2 fully saturated rings. The van der Waals surface area contributed by atoms with Gasteiger partial charge in [0.05, 0.1) is 72.2 Å². The SMILES string of the molecule is O=c1c2cc3c(=O)n(SN4CCOCC4)c(=O)c3cc2c(=O)n1SN1CCOCC1. The summed E-state index contributed by atoms with van der Waals surface area (Å²) in [6.07, 6.45) is 0. The Balaban J connectivity index is 1.58. The molecule has 0 saturated carbocycles. The van der Waals surface area contributed by atoms with Gasteiger partial charge in [0.15, 0.2) is 0 Å². The molecule has 2 aliphatic heterocycles. The van der Waals surface area contributed by atoms with E-state index in [2.05, 4.69) is 0 Å². The molecule has 0 amide bonds. The van der Waals surface area contributed by atoms with Gasteiger partial charge in [0.2, 0.25) is 0 Å². The van der Waals surface area contributed by atoms with E-state index in [1.807, 2.05) is 8.61 Å². The van der Waals surface area contributed by atoms with Crippen molar-refractivity contribution in [1.29, 1.82) is 0 Å². The van der Waals surface area contributed by atoms with Crippen molar-refractivity contribution >= 4 is 45.8 Å². The van der Waals surface area contributed by atoms with Gasteiger partial charge in [-0.05, 0) is 12.1 Å². The van der Waals surface area contributed by atoms with Crippen molar-refractivity contribution in [3.8, 4) is 0 Å². The average Bonchev–Trinajstić information content (AvgIpc) is 3.14. The van der Waals surface area contributed by atoms with Crippen LogP contribution in [0.15, 0.2) is 31.3 Å². The topological polar surface area (TPSA) is 103 Å². The Morgan fingerprint density at radius 2 is 0.867 bits per heavy atom. The van der Waals surface area contributed by atoms with Crippen LogP contribution in [0.2, 0.25) is 0 Å². The quantitative estimate of drug-likeness (QED) is 0.479. The Hall–Kier alpha value is -1.96. The number of hydrogen-bond donors (Lipinski definition) is 0. The van der Waals surface area contributed by atoms with Gasteiger partial charge in [0.25, 0.3) is 22.2 Å². The average molecular weight is 450 g/mol. The second-order valence-corrected chi connectivity index (χ2v) is 9.09. The molecule has 10 nitrogen and oxygen atoms in total. The first kappa shape index (κ1) is 20.0. The van der Waals surface area contributed by atoms with Gasteiger partial charge in [-0.1, -0.05) is 0 Å². The molecule has 0 unspecified atom stereocenters. The highest BCUT2D eigenvalue weighted by molar-refractivity contribution is 7.95. The van der Waals surface area contributed by atoms with E-state index in [-0.39, 0.29) is 21.5 Å². The van der Waals surface area contributed by atoms with Crippen molar-refractivity contribution in [1.82, 2.24) is 16.6 Å². The number of ether oxygens (including phenoxy) is 2. The smallest absolute Gasteiger partial charge is 0.272 e. The van der Waals surface area contributed by atoms with Crippen molar-refractivity contribution in [3.63, 3.8) is 0 Å². The predicted molar refractivity (Wildman–Crippen MR) is 116 cm³/mol. The zero-order valence-corrected chi connectivity index (χ0v) is 17.5. The van der Waals surface area contributed by atoms with Crippen LogP contribution in [0.5, 0.6) is 0 Å². The van der Waals surface area contributed by atoms with Crippen LogP contribution in [0.3, 0.4) is 0 Å². The van der Waals surface area contributed by atoms with E-state index >= 15 is 0 Å². The van der Waals surface area contributed by atoms with Crippen LogP contribution in [0.25, 0.3) is 21.5 Å². The highest BCUT2D eigenvalue weighted by atomic mass is 32.2. The fourth-order valence-electron chi connectivity index (χ4n) is 3.57. The van der Waals surface area contributed by atoms with Gasteiger partial charge in [-0.2, -0.15) is 0 Å². The van der Waals surface area contributed by atoms with Crippen LogP contribution >= 0.6 is 24.3 Å². The molecule has 4 heterocycles. The van der Waals surface area contributed by atoms with Gasteiger partial charge in [-0.15, -0.1) is 0 Å². The van der Waals surface area contributed by atoms with Gasteiger partial charge in [0.1, 0.15) is 0 Å². The number of aromatic nitrogens is 2. The molecule has 158 valence electrons. The van der Waals surface area contributed by atoms with E-state index < -0.39 is 22.2 Å². The van der Waals surface area contributed by atoms with Crippen molar-refractivity contribution in [2.75, 3.05) is 52.6 Å². The Morgan fingerprint density at radius 3 is 1.17 bits per heavy atom. The minimum atomic E-state index is -0.478. The van der Waals surface area contributed by atoms with Gasteiger partial charge >= 0.3 is 0 Å². The maximum atomic E-state index is 12.9. The molecule has 5 rings (SSSR count). The zero-order valence-electron chi connectivity index (χ0n) is 15.9. The number of nitrogens with zero attached hydrogens (tertiary/aromatic N) is 4. The molecule has 0 radical (unpaired) electrons. The second kappa shape index (κ2) is 7.94. The maximum absolute atomic E-state index is 12.9. The molecule has 12 heteroatoms. The van der Waals surface area contributed by atoms with E-state index in [4.69, 9.17) is 9.47 Å². The number of rotatable bonds is 4. The van der Waals surface area contributed by atoms with E-state index in [9.17, 15) is 19.2 Å². The first-order chi connectivity index (χ1) is 14.5. The zero-order chi connectivity index (χ0) is 20.8. The Morgan fingerprint density at radius 1 is 0.567 bits per heavy atom. The first-order valence-corrected chi connectivity index (χ1v) is 11.0. The van der Waals surface area contributed by atoms with E-state index in [1.54, 1.807) is 0 Å². The fourth-order valence-corrected chi connectivity index (χ4v) is 5.34. The lowest BCUT2D eigenvalue weighted by atomic mass is 10.1. The van der Waals surface area contributed by atoms with Crippen LogP contribution in [0.4, 0.5) is 0 Å². The van der Waals surface area contributed by atoms with Gasteiger partial charge in [-0.3, -0.25) is 19.2 Å². The molecule has 3 aromatic rings. The van der Waals surface area contributed by atoms with Crippen molar-refractivity contribution in [2.45, 2.75) is 0 Å². The summed E-state index contributed by atoms with van der Waals surface area (Å²) in [6.45, 7) is 4.51. The van der Waals surface area contributed by atoms with Crippen LogP contribution in [-0.2, 0) is 9.47 Å². The molecular weight excluding hydrogens is 432 g/mol. The highest BCUT2D eigenvalue weighted by Gasteiger charge is 2.23. The molecule has 0 atom stereocenters. The lowest BCUT2D eigenvalue weighted by Crippen LogP contribution is -2.35. The fraction of sp³-hybridized carbons (Fsp3) is 0.444. The molecular formula is C18H18N4O6S2. The summed E-state index contributed by atoms with van der Waals surface area (Å²) in [7, 11) is 0. The van der Waals surface area contributed by atoms with Crippen LogP contribution in [-0.4, -0.2) is 69.2 Å². The summed E-state index contributed by atoms with van der Waals surface area (Å²) in [4.78, 5) is 51.4. The van der Waals surface area contributed by atoms with Crippen LogP contribution in [0, 0.1) is 0 Å². The Kier molecular flexibility index (Phi) is 5.29. The number of hydrogen-bond acceptors (Lipinski definition) is 10. The Bertz CT molecular complexity index is 1140. The number of morpholine rings is 2. The molecule has 30 heavy (non-hydrogen) atoms. The molecule has 2 aliphatic rings. The monoisotopic (exact) mass is 450 g/mol. The van der Waals surface area contributed by atoms with Crippen molar-refractivity contribution < 1.29 is 9.47 Å². The summed E-state index contributed by atoms with van der Waals surface area (Å²) >= 11 is 2.10. The molecule has 2 aromatic heterocycles. The minimum absolute atomic E-state index is 0.152. The predicted octanol–water partition coefficient (Wildman–Crippen LogP) is -0.601. The van der Waals surface area contributed by atoms with Gasteiger partial charge in [0, 0.05) is 26.2 Å². The normalized spacial score (nSPS) is 19.2. The largest absolute Gasteiger partial charge is 0.379 e. The van der Waals surface area contributed by atoms with Crippen molar-refractivity contribution in [2.24, 2.45) is 0 Å². The van der Waals surface area contributed by atoms with Gasteiger partial charge in [-0.25, -0.2) is 16.6 Å². The van der Waals surface area contributed by atoms with E-state index in [0.717, 1.165) is 32.2 Å². The summed E-state index contributed by atoms with van der Waals surface area (Å²) < 4.78 is 16.5. The van der Waals surface area contributed by atoms with Crippen molar-refractivity contribution in [3.05, 3.63) is 53.5 Å². The van der Waals surface area contributed by atoms with Crippen LogP contribution < -0.4 is 22.2 Å². The lowest BCUT2D eigenvalue weighted by molar-refractivity contribution is 0.0770. The second-order valence-electron chi connectivity index (χ2n) is 7.00. The van der Waals surface area contributed by atoms with Crippen LogP contribution in [0.1, 0.15) is 0 Å².